The fraction of sp³-hybridized carbons (Fsp3) is 0.0714. The summed E-state index contributed by atoms with van der Waals surface area (Å²) in [4.78, 5) is 13.0. The topological polar surface area (TPSA) is 75.3 Å². The largest absolute Gasteiger partial charge is 0.322 e. The summed E-state index contributed by atoms with van der Waals surface area (Å²) in [5, 5.41) is 2.70. The van der Waals surface area contributed by atoms with Gasteiger partial charge in [-0.05, 0) is 36.4 Å². The number of hydrogen-bond donors (Lipinski definition) is 3. The molecule has 1 amide bonds. The molecule has 2 rings (SSSR count). The second kappa shape index (κ2) is 6.19. The van der Waals surface area contributed by atoms with E-state index < -0.39 is 15.9 Å². The van der Waals surface area contributed by atoms with Crippen molar-refractivity contribution in [3.05, 3.63) is 54.1 Å². The molecule has 2 aromatic carbocycles. The summed E-state index contributed by atoms with van der Waals surface area (Å²) in [6.45, 7) is 0. The van der Waals surface area contributed by atoms with Gasteiger partial charge in [0.25, 0.3) is 5.91 Å². The maximum Gasteiger partial charge on any atom is 0.257 e. The molecule has 0 heterocycles. The number of benzene rings is 2. The van der Waals surface area contributed by atoms with E-state index in [2.05, 4.69) is 22.7 Å². The number of carbonyl (C=O) groups excluding carboxylic acids is 1. The summed E-state index contributed by atoms with van der Waals surface area (Å²) >= 11 is 4.17. The minimum Gasteiger partial charge on any atom is -0.322 e. The molecule has 7 heteroatoms. The Labute approximate surface area is 128 Å². The monoisotopic (exact) mass is 322 g/mol. The number of thiol groups is 1. The van der Waals surface area contributed by atoms with Crippen LogP contribution in [0.15, 0.2) is 53.4 Å². The van der Waals surface area contributed by atoms with E-state index in [0.717, 1.165) is 11.2 Å². The van der Waals surface area contributed by atoms with Crippen molar-refractivity contribution in [2.45, 2.75) is 4.90 Å². The van der Waals surface area contributed by atoms with Gasteiger partial charge in [0.2, 0.25) is 10.0 Å². The highest BCUT2D eigenvalue weighted by molar-refractivity contribution is 7.92. The van der Waals surface area contributed by atoms with Crippen molar-refractivity contribution in [2.24, 2.45) is 0 Å². The lowest BCUT2D eigenvalue weighted by molar-refractivity contribution is 0.102. The molecule has 2 aromatic rings. The number of para-hydroxylation sites is 1. The average molecular weight is 322 g/mol. The van der Waals surface area contributed by atoms with Crippen LogP contribution in [-0.2, 0) is 10.0 Å². The van der Waals surface area contributed by atoms with Crippen LogP contribution >= 0.6 is 12.6 Å². The molecule has 0 fully saturated rings. The van der Waals surface area contributed by atoms with Crippen LogP contribution in [0.3, 0.4) is 0 Å². The van der Waals surface area contributed by atoms with Gasteiger partial charge in [0.15, 0.2) is 0 Å². The molecule has 2 N–H and O–H groups in total. The number of rotatable bonds is 4. The van der Waals surface area contributed by atoms with Crippen LogP contribution in [0.2, 0.25) is 0 Å². The van der Waals surface area contributed by atoms with Crippen LogP contribution in [0, 0.1) is 0 Å². The Hall–Kier alpha value is -1.99. The molecule has 0 spiro atoms. The lowest BCUT2D eigenvalue weighted by atomic mass is 10.1. The maximum absolute atomic E-state index is 12.2. The second-order valence-electron chi connectivity index (χ2n) is 4.42. The first-order valence-corrected chi connectivity index (χ1v) is 8.36. The Morgan fingerprint density at radius 3 is 2.29 bits per heavy atom. The van der Waals surface area contributed by atoms with Gasteiger partial charge < -0.3 is 5.32 Å². The van der Waals surface area contributed by atoms with Crippen LogP contribution in [0.4, 0.5) is 11.4 Å². The number of nitrogens with one attached hydrogen (secondary N) is 2. The van der Waals surface area contributed by atoms with E-state index in [-0.39, 0.29) is 11.3 Å². The zero-order valence-corrected chi connectivity index (χ0v) is 12.9. The predicted molar refractivity (Wildman–Crippen MR) is 86.6 cm³/mol. The zero-order valence-electron chi connectivity index (χ0n) is 11.2. The van der Waals surface area contributed by atoms with Crippen LogP contribution < -0.4 is 10.0 Å². The van der Waals surface area contributed by atoms with Crippen molar-refractivity contribution >= 4 is 39.9 Å². The third kappa shape index (κ3) is 4.51. The van der Waals surface area contributed by atoms with Gasteiger partial charge >= 0.3 is 0 Å². The highest BCUT2D eigenvalue weighted by Gasteiger charge is 2.13. The Kier molecular flexibility index (Phi) is 4.54. The van der Waals surface area contributed by atoms with Crippen LogP contribution in [0.1, 0.15) is 10.4 Å². The highest BCUT2D eigenvalue weighted by Crippen LogP contribution is 2.19. The first-order chi connectivity index (χ1) is 9.85. The third-order valence-corrected chi connectivity index (χ3v) is 3.48. The minimum atomic E-state index is -3.45. The number of anilines is 2. The summed E-state index contributed by atoms with van der Waals surface area (Å²) < 4.78 is 25.0. The van der Waals surface area contributed by atoms with Gasteiger partial charge in [-0.2, -0.15) is 0 Å². The molecule has 5 nitrogen and oxygen atoms in total. The fourth-order valence-electron chi connectivity index (χ4n) is 1.71. The van der Waals surface area contributed by atoms with Gasteiger partial charge in [0, 0.05) is 10.6 Å². The zero-order chi connectivity index (χ0) is 15.5. The van der Waals surface area contributed by atoms with Crippen molar-refractivity contribution in [3.8, 4) is 0 Å². The smallest absolute Gasteiger partial charge is 0.257 e. The van der Waals surface area contributed by atoms with Gasteiger partial charge in [-0.15, -0.1) is 12.6 Å². The van der Waals surface area contributed by atoms with Crippen LogP contribution in [-0.4, -0.2) is 20.6 Å². The van der Waals surface area contributed by atoms with E-state index in [4.69, 9.17) is 0 Å². The summed E-state index contributed by atoms with van der Waals surface area (Å²) in [5.41, 5.74) is 1.09. The summed E-state index contributed by atoms with van der Waals surface area (Å²) in [7, 11) is -3.45. The van der Waals surface area contributed by atoms with Crippen molar-refractivity contribution < 1.29 is 13.2 Å². The lowest BCUT2D eigenvalue weighted by Crippen LogP contribution is -2.17. The lowest BCUT2D eigenvalue weighted by Gasteiger charge is -2.11. The molecular weight excluding hydrogens is 308 g/mol. The SMILES string of the molecule is CS(=O)(=O)Nc1ccccc1C(=O)Nc1ccc(S)cc1. The number of amides is 1. The number of sulfonamides is 1. The molecule has 0 atom stereocenters. The molecule has 0 unspecified atom stereocenters. The quantitative estimate of drug-likeness (QED) is 0.757. The Balaban J connectivity index is 2.25. The van der Waals surface area contributed by atoms with Gasteiger partial charge in [-0.3, -0.25) is 9.52 Å². The van der Waals surface area contributed by atoms with E-state index >= 15 is 0 Å². The second-order valence-corrected chi connectivity index (χ2v) is 6.69. The van der Waals surface area contributed by atoms with Crippen LogP contribution in [0.25, 0.3) is 0 Å². The molecule has 0 radical (unpaired) electrons. The summed E-state index contributed by atoms with van der Waals surface area (Å²) in [6, 6.07) is 13.3. The highest BCUT2D eigenvalue weighted by atomic mass is 32.2. The molecule has 0 aromatic heterocycles. The number of hydrogen-bond acceptors (Lipinski definition) is 4. The molecule has 0 saturated carbocycles. The van der Waals surface area contributed by atoms with E-state index in [1.807, 2.05) is 0 Å². The molecule has 0 bridgehead atoms. The standard InChI is InChI=1S/C14H14N2O3S2/c1-21(18,19)16-13-5-3-2-4-12(13)14(17)15-10-6-8-11(20)9-7-10/h2-9,16,20H,1H3,(H,15,17). The maximum atomic E-state index is 12.2. The van der Waals surface area contributed by atoms with E-state index in [1.165, 1.54) is 6.07 Å². The third-order valence-electron chi connectivity index (χ3n) is 2.59. The van der Waals surface area contributed by atoms with Crippen molar-refractivity contribution in [3.63, 3.8) is 0 Å². The van der Waals surface area contributed by atoms with Crippen molar-refractivity contribution in [1.82, 2.24) is 0 Å². The predicted octanol–water partition coefficient (Wildman–Crippen LogP) is 2.60. The van der Waals surface area contributed by atoms with E-state index in [0.29, 0.717) is 5.69 Å². The van der Waals surface area contributed by atoms with E-state index in [1.54, 1.807) is 42.5 Å². The Morgan fingerprint density at radius 2 is 1.67 bits per heavy atom. The molecular formula is C14H14N2O3S2. The fourth-order valence-corrected chi connectivity index (χ4v) is 2.44. The minimum absolute atomic E-state index is 0.239. The molecule has 0 aliphatic carbocycles. The van der Waals surface area contributed by atoms with Crippen molar-refractivity contribution in [1.29, 1.82) is 0 Å². The molecule has 21 heavy (non-hydrogen) atoms. The van der Waals surface area contributed by atoms with Gasteiger partial charge in [-0.25, -0.2) is 8.42 Å². The summed E-state index contributed by atoms with van der Waals surface area (Å²) in [6.07, 6.45) is 1.03. The molecule has 0 aliphatic rings. The van der Waals surface area contributed by atoms with Crippen molar-refractivity contribution in [2.75, 3.05) is 16.3 Å². The van der Waals surface area contributed by atoms with Gasteiger partial charge in [0.1, 0.15) is 0 Å². The average Bonchev–Trinajstić information content (AvgIpc) is 2.40. The molecule has 0 aliphatic heterocycles. The summed E-state index contributed by atoms with van der Waals surface area (Å²) in [5.74, 6) is -0.395. The Bertz CT molecular complexity index is 756. The van der Waals surface area contributed by atoms with Gasteiger partial charge in [-0.1, -0.05) is 12.1 Å². The van der Waals surface area contributed by atoms with E-state index in [9.17, 15) is 13.2 Å². The Morgan fingerprint density at radius 1 is 1.05 bits per heavy atom. The number of carbonyl (C=O) groups is 1. The first-order valence-electron chi connectivity index (χ1n) is 6.02. The molecule has 110 valence electrons. The normalized spacial score (nSPS) is 11.0. The van der Waals surface area contributed by atoms with Crippen LogP contribution in [0.5, 0.6) is 0 Å². The molecule has 0 saturated heterocycles. The van der Waals surface area contributed by atoms with Gasteiger partial charge in [0.05, 0.1) is 17.5 Å². The first kappa shape index (κ1) is 15.4.